The van der Waals surface area contributed by atoms with Gasteiger partial charge in [0.2, 0.25) is 0 Å². The first-order valence-corrected chi connectivity index (χ1v) is 9.82. The standard InChI is InChI=1S/C23H36O2/c1-4-5-6-7-8-9-10-11-12-13-14-15-16-17-21-18-22(24-2)20-23(19-21)25-3/h6-7,9-10,18-20H,4-5,8,11-17H2,1-3H3/b7-6-,10-9-. The molecule has 0 atom stereocenters. The van der Waals surface area contributed by atoms with Crippen molar-refractivity contribution in [2.24, 2.45) is 0 Å². The molecular weight excluding hydrogens is 308 g/mol. The summed E-state index contributed by atoms with van der Waals surface area (Å²) in [5, 5.41) is 0. The molecule has 0 heterocycles. The van der Waals surface area contributed by atoms with Crippen molar-refractivity contribution in [3.8, 4) is 11.5 Å². The van der Waals surface area contributed by atoms with E-state index in [1.54, 1.807) is 14.2 Å². The molecule has 1 rings (SSSR count). The molecule has 0 aliphatic rings. The van der Waals surface area contributed by atoms with Crippen molar-refractivity contribution in [2.45, 2.75) is 71.1 Å². The van der Waals surface area contributed by atoms with Crippen LogP contribution in [0, 0.1) is 0 Å². The SMILES string of the molecule is CCC/C=C\C/C=C\CCCCCCCc1cc(OC)cc(OC)c1. The van der Waals surface area contributed by atoms with Crippen molar-refractivity contribution < 1.29 is 9.47 Å². The number of benzene rings is 1. The lowest BCUT2D eigenvalue weighted by Crippen LogP contribution is -1.92. The molecule has 0 unspecified atom stereocenters. The first-order valence-electron chi connectivity index (χ1n) is 9.82. The van der Waals surface area contributed by atoms with E-state index in [0.717, 1.165) is 24.3 Å². The lowest BCUT2D eigenvalue weighted by Gasteiger charge is -2.08. The van der Waals surface area contributed by atoms with Gasteiger partial charge in [-0.25, -0.2) is 0 Å². The first kappa shape index (κ1) is 21.3. The Bertz CT molecular complexity index is 481. The molecule has 0 N–H and O–H groups in total. The predicted molar refractivity (Wildman–Crippen MR) is 109 cm³/mol. The summed E-state index contributed by atoms with van der Waals surface area (Å²) in [7, 11) is 3.41. The van der Waals surface area contributed by atoms with E-state index < -0.39 is 0 Å². The summed E-state index contributed by atoms with van der Waals surface area (Å²) in [6, 6.07) is 6.15. The van der Waals surface area contributed by atoms with Crippen molar-refractivity contribution in [1.29, 1.82) is 0 Å². The van der Waals surface area contributed by atoms with Gasteiger partial charge in [-0.05, 0) is 56.2 Å². The van der Waals surface area contributed by atoms with E-state index in [2.05, 4.69) is 43.4 Å². The fraction of sp³-hybridized carbons (Fsp3) is 0.565. The number of rotatable bonds is 14. The fourth-order valence-corrected chi connectivity index (χ4v) is 2.81. The zero-order valence-electron chi connectivity index (χ0n) is 16.4. The van der Waals surface area contributed by atoms with Gasteiger partial charge in [-0.3, -0.25) is 0 Å². The van der Waals surface area contributed by atoms with Crippen LogP contribution in [-0.2, 0) is 6.42 Å². The Morgan fingerprint density at radius 2 is 1.32 bits per heavy atom. The molecule has 0 saturated heterocycles. The highest BCUT2D eigenvalue weighted by Crippen LogP contribution is 2.23. The second-order valence-corrected chi connectivity index (χ2v) is 6.49. The Kier molecular flexibility index (Phi) is 12.5. The molecule has 140 valence electrons. The van der Waals surface area contributed by atoms with E-state index in [1.165, 1.54) is 56.9 Å². The van der Waals surface area contributed by atoms with Gasteiger partial charge in [-0.15, -0.1) is 0 Å². The van der Waals surface area contributed by atoms with Crippen molar-refractivity contribution >= 4 is 0 Å². The maximum absolute atomic E-state index is 5.33. The van der Waals surface area contributed by atoms with Gasteiger partial charge in [-0.1, -0.05) is 56.9 Å². The Morgan fingerprint density at radius 1 is 0.720 bits per heavy atom. The molecular formula is C23H36O2. The normalized spacial score (nSPS) is 11.5. The van der Waals surface area contributed by atoms with Crippen LogP contribution in [0.15, 0.2) is 42.5 Å². The molecule has 0 fully saturated rings. The highest BCUT2D eigenvalue weighted by Gasteiger charge is 2.02. The molecule has 2 heteroatoms. The summed E-state index contributed by atoms with van der Waals surface area (Å²) in [5.41, 5.74) is 1.30. The zero-order valence-corrected chi connectivity index (χ0v) is 16.4. The highest BCUT2D eigenvalue weighted by atomic mass is 16.5. The minimum atomic E-state index is 0.880. The van der Waals surface area contributed by atoms with Crippen LogP contribution in [0.25, 0.3) is 0 Å². The van der Waals surface area contributed by atoms with Gasteiger partial charge in [-0.2, -0.15) is 0 Å². The summed E-state index contributed by atoms with van der Waals surface area (Å²) in [4.78, 5) is 0. The van der Waals surface area contributed by atoms with E-state index in [-0.39, 0.29) is 0 Å². The van der Waals surface area contributed by atoms with Crippen LogP contribution in [0.2, 0.25) is 0 Å². The maximum Gasteiger partial charge on any atom is 0.122 e. The number of hydrogen-bond donors (Lipinski definition) is 0. The number of methoxy groups -OCH3 is 2. The smallest absolute Gasteiger partial charge is 0.122 e. The minimum absolute atomic E-state index is 0.880. The Morgan fingerprint density at radius 3 is 1.96 bits per heavy atom. The largest absolute Gasteiger partial charge is 0.497 e. The summed E-state index contributed by atoms with van der Waals surface area (Å²) < 4.78 is 10.7. The average Bonchev–Trinajstić information content (AvgIpc) is 2.65. The van der Waals surface area contributed by atoms with Crippen LogP contribution >= 0.6 is 0 Å². The minimum Gasteiger partial charge on any atom is -0.497 e. The van der Waals surface area contributed by atoms with Crippen LogP contribution < -0.4 is 9.47 Å². The fourth-order valence-electron chi connectivity index (χ4n) is 2.81. The van der Waals surface area contributed by atoms with Gasteiger partial charge in [0, 0.05) is 6.07 Å². The van der Waals surface area contributed by atoms with Crippen molar-refractivity contribution in [1.82, 2.24) is 0 Å². The molecule has 1 aromatic carbocycles. The third-order valence-corrected chi connectivity index (χ3v) is 4.31. The van der Waals surface area contributed by atoms with Crippen LogP contribution in [-0.4, -0.2) is 14.2 Å². The monoisotopic (exact) mass is 344 g/mol. The second kappa shape index (κ2) is 14.6. The number of hydrogen-bond acceptors (Lipinski definition) is 2. The molecule has 25 heavy (non-hydrogen) atoms. The summed E-state index contributed by atoms with van der Waals surface area (Å²) in [6.45, 7) is 2.22. The summed E-state index contributed by atoms with van der Waals surface area (Å²) >= 11 is 0. The molecule has 0 aromatic heterocycles. The molecule has 2 nitrogen and oxygen atoms in total. The van der Waals surface area contributed by atoms with Gasteiger partial charge in [0.1, 0.15) is 11.5 Å². The maximum atomic E-state index is 5.33. The number of unbranched alkanes of at least 4 members (excludes halogenated alkanes) is 6. The number of allylic oxidation sites excluding steroid dienone is 4. The highest BCUT2D eigenvalue weighted by molar-refractivity contribution is 5.38. The quantitative estimate of drug-likeness (QED) is 0.270. The summed E-state index contributed by atoms with van der Waals surface area (Å²) in [6.07, 6.45) is 21.5. The molecule has 0 aliphatic carbocycles. The van der Waals surface area contributed by atoms with Crippen molar-refractivity contribution in [2.75, 3.05) is 14.2 Å². The van der Waals surface area contributed by atoms with Crippen molar-refractivity contribution in [3.05, 3.63) is 48.1 Å². The molecule has 1 aromatic rings. The average molecular weight is 345 g/mol. The van der Waals surface area contributed by atoms with Crippen molar-refractivity contribution in [3.63, 3.8) is 0 Å². The molecule has 0 bridgehead atoms. The van der Waals surface area contributed by atoms with Gasteiger partial charge in [0.15, 0.2) is 0 Å². The number of aryl methyl sites for hydroxylation is 1. The van der Waals surface area contributed by atoms with E-state index in [4.69, 9.17) is 9.47 Å². The molecule has 0 spiro atoms. The summed E-state index contributed by atoms with van der Waals surface area (Å²) in [5.74, 6) is 1.76. The van der Waals surface area contributed by atoms with Crippen LogP contribution in [0.3, 0.4) is 0 Å². The topological polar surface area (TPSA) is 18.5 Å². The van der Waals surface area contributed by atoms with E-state index in [9.17, 15) is 0 Å². The lowest BCUT2D eigenvalue weighted by atomic mass is 10.0. The second-order valence-electron chi connectivity index (χ2n) is 6.49. The predicted octanol–water partition coefficient (Wildman–Crippen LogP) is 6.89. The first-order chi connectivity index (χ1) is 12.3. The number of ether oxygens (including phenoxy) is 2. The van der Waals surface area contributed by atoms with Gasteiger partial charge in [0.05, 0.1) is 14.2 Å². The third kappa shape index (κ3) is 10.7. The Labute approximate surface area is 154 Å². The van der Waals surface area contributed by atoms with E-state index >= 15 is 0 Å². The Hall–Kier alpha value is -1.70. The molecule has 0 aliphatic heterocycles. The third-order valence-electron chi connectivity index (χ3n) is 4.31. The van der Waals surface area contributed by atoms with Crippen LogP contribution in [0.4, 0.5) is 0 Å². The van der Waals surface area contributed by atoms with Gasteiger partial charge in [0.25, 0.3) is 0 Å². The Balaban J connectivity index is 2.06. The van der Waals surface area contributed by atoms with E-state index in [1.807, 2.05) is 6.07 Å². The lowest BCUT2D eigenvalue weighted by molar-refractivity contribution is 0.393. The molecule has 0 amide bonds. The molecule has 0 saturated carbocycles. The van der Waals surface area contributed by atoms with Crippen LogP contribution in [0.1, 0.15) is 70.3 Å². The zero-order chi connectivity index (χ0) is 18.2. The molecule has 0 radical (unpaired) electrons. The van der Waals surface area contributed by atoms with Gasteiger partial charge < -0.3 is 9.47 Å². The van der Waals surface area contributed by atoms with Gasteiger partial charge >= 0.3 is 0 Å². The van der Waals surface area contributed by atoms with E-state index in [0.29, 0.717) is 0 Å². The van der Waals surface area contributed by atoms with Crippen LogP contribution in [0.5, 0.6) is 11.5 Å².